The monoisotopic (exact) mass is 288 g/mol. The molecule has 21 heavy (non-hydrogen) atoms. The van der Waals surface area contributed by atoms with E-state index in [2.05, 4.69) is 18.2 Å². The third-order valence-corrected chi connectivity index (χ3v) is 2.53. The zero-order valence-electron chi connectivity index (χ0n) is 13.1. The number of hydrogen-bond acceptors (Lipinski definition) is 3. The Balaban J connectivity index is 5.14. The molecule has 0 aromatic heterocycles. The van der Waals surface area contributed by atoms with Crippen molar-refractivity contribution in [3.05, 3.63) is 61.6 Å². The van der Waals surface area contributed by atoms with Crippen molar-refractivity contribution in [2.75, 3.05) is 13.7 Å². The van der Waals surface area contributed by atoms with E-state index in [4.69, 9.17) is 4.74 Å². The van der Waals surface area contributed by atoms with Crippen LogP contribution in [0.15, 0.2) is 66.6 Å². The highest BCUT2D eigenvalue weighted by molar-refractivity contribution is 5.98. The second-order valence-electron chi connectivity index (χ2n) is 4.03. The van der Waals surface area contributed by atoms with E-state index in [-0.39, 0.29) is 12.3 Å². The van der Waals surface area contributed by atoms with Crippen LogP contribution in [0.5, 0.6) is 0 Å². The van der Waals surface area contributed by atoms with E-state index >= 15 is 0 Å². The van der Waals surface area contributed by atoms with Crippen LogP contribution in [-0.2, 0) is 9.53 Å². The number of amidine groups is 1. The maximum absolute atomic E-state index is 12.1. The van der Waals surface area contributed by atoms with Crippen molar-refractivity contribution in [3.63, 3.8) is 0 Å². The molecule has 0 spiro atoms. The van der Waals surface area contributed by atoms with E-state index in [9.17, 15) is 4.79 Å². The Labute approximate surface area is 127 Å². The van der Waals surface area contributed by atoms with Gasteiger partial charge >= 0.3 is 0 Å². The summed E-state index contributed by atoms with van der Waals surface area (Å²) in [6, 6.07) is 0. The van der Waals surface area contributed by atoms with Gasteiger partial charge < -0.3 is 4.74 Å². The summed E-state index contributed by atoms with van der Waals surface area (Å²) in [5.41, 5.74) is 0. The molecule has 0 heterocycles. The molecule has 0 N–H and O–H groups in total. The molecule has 0 atom stereocenters. The highest BCUT2D eigenvalue weighted by atomic mass is 16.5. The summed E-state index contributed by atoms with van der Waals surface area (Å²) in [7, 11) is 1.56. The van der Waals surface area contributed by atoms with Gasteiger partial charge in [-0.15, -0.1) is 6.58 Å². The lowest BCUT2D eigenvalue weighted by Gasteiger charge is -2.17. The summed E-state index contributed by atoms with van der Waals surface area (Å²) in [5, 5.41) is 0. The largest absolute Gasteiger partial charge is 0.497 e. The number of ether oxygens (including phenoxy) is 1. The highest BCUT2D eigenvalue weighted by Crippen LogP contribution is 2.02. The number of carbonyl (C=O) groups is 1. The van der Waals surface area contributed by atoms with Crippen LogP contribution in [0.2, 0.25) is 0 Å². The standard InChI is InChI=1S/C17H24N2O2/c1-6-9-13-18-15(4)19(17(20)11-7-2)14-10-12-16(8-3)21-5/h6-10,12,14H,2-3,11,13H2,1,4-5H3/b9-6-,14-10+,16-12+,18-15?. The Kier molecular flexibility index (Phi) is 10.2. The fourth-order valence-corrected chi connectivity index (χ4v) is 1.40. The number of amides is 1. The van der Waals surface area contributed by atoms with E-state index < -0.39 is 0 Å². The average molecular weight is 288 g/mol. The number of rotatable bonds is 8. The van der Waals surface area contributed by atoms with Gasteiger partial charge in [-0.25, -0.2) is 0 Å². The third-order valence-electron chi connectivity index (χ3n) is 2.53. The molecule has 0 radical (unpaired) electrons. The van der Waals surface area contributed by atoms with Gasteiger partial charge in [-0.3, -0.25) is 14.7 Å². The van der Waals surface area contributed by atoms with Crippen LogP contribution in [0.25, 0.3) is 0 Å². The van der Waals surface area contributed by atoms with Gasteiger partial charge in [-0.1, -0.05) is 24.8 Å². The Morgan fingerprint density at radius 3 is 2.62 bits per heavy atom. The first kappa shape index (κ1) is 18.6. The molecule has 4 nitrogen and oxygen atoms in total. The Hall–Kier alpha value is -2.36. The number of hydrogen-bond donors (Lipinski definition) is 0. The second-order valence-corrected chi connectivity index (χ2v) is 4.03. The number of allylic oxidation sites excluding steroid dienone is 4. The predicted molar refractivity (Wildman–Crippen MR) is 88.9 cm³/mol. The minimum Gasteiger partial charge on any atom is -0.497 e. The molecule has 0 saturated carbocycles. The number of nitrogens with zero attached hydrogens (tertiary/aromatic N) is 2. The Morgan fingerprint density at radius 1 is 1.38 bits per heavy atom. The third kappa shape index (κ3) is 7.72. The Morgan fingerprint density at radius 2 is 2.10 bits per heavy atom. The van der Waals surface area contributed by atoms with Crippen LogP contribution in [0.4, 0.5) is 0 Å². The van der Waals surface area contributed by atoms with Crippen LogP contribution in [0.1, 0.15) is 20.3 Å². The van der Waals surface area contributed by atoms with Gasteiger partial charge in [0.2, 0.25) is 5.91 Å². The lowest BCUT2D eigenvalue weighted by molar-refractivity contribution is -0.124. The van der Waals surface area contributed by atoms with Crippen molar-refractivity contribution in [2.45, 2.75) is 20.3 Å². The van der Waals surface area contributed by atoms with E-state index in [1.807, 2.05) is 19.1 Å². The number of methoxy groups -OCH3 is 1. The summed E-state index contributed by atoms with van der Waals surface area (Å²) in [5.74, 6) is 1.15. The van der Waals surface area contributed by atoms with Gasteiger partial charge in [0.1, 0.15) is 11.6 Å². The summed E-state index contributed by atoms with van der Waals surface area (Å²) in [6.07, 6.45) is 12.3. The molecule has 0 aliphatic carbocycles. The van der Waals surface area contributed by atoms with Gasteiger partial charge in [-0.2, -0.15) is 0 Å². The molecule has 0 fully saturated rings. The summed E-state index contributed by atoms with van der Waals surface area (Å²) in [6.45, 7) is 11.5. The maximum atomic E-state index is 12.1. The van der Waals surface area contributed by atoms with Crippen LogP contribution >= 0.6 is 0 Å². The van der Waals surface area contributed by atoms with Gasteiger partial charge in [-0.05, 0) is 32.1 Å². The van der Waals surface area contributed by atoms with Crippen molar-refractivity contribution in [1.29, 1.82) is 0 Å². The van der Waals surface area contributed by atoms with E-state index in [1.165, 1.54) is 4.90 Å². The fourth-order valence-electron chi connectivity index (χ4n) is 1.40. The molecule has 0 aromatic carbocycles. The molecule has 0 rings (SSSR count). The normalized spacial score (nSPS) is 12.7. The fraction of sp³-hybridized carbons (Fsp3) is 0.294. The second kappa shape index (κ2) is 11.5. The number of aliphatic imine (C=N–C) groups is 1. The molecule has 0 bridgehead atoms. The van der Waals surface area contributed by atoms with Crippen molar-refractivity contribution in [3.8, 4) is 0 Å². The lowest BCUT2D eigenvalue weighted by atomic mass is 10.3. The minimum absolute atomic E-state index is 0.0889. The van der Waals surface area contributed by atoms with Crippen molar-refractivity contribution in [1.82, 2.24) is 4.90 Å². The first-order valence-electron chi connectivity index (χ1n) is 6.70. The zero-order chi connectivity index (χ0) is 16.1. The molecule has 114 valence electrons. The molecule has 0 unspecified atom stereocenters. The topological polar surface area (TPSA) is 41.9 Å². The number of carbonyl (C=O) groups excluding carboxylic acids is 1. The van der Waals surface area contributed by atoms with E-state index in [0.29, 0.717) is 18.1 Å². The highest BCUT2D eigenvalue weighted by Gasteiger charge is 2.11. The minimum atomic E-state index is -0.0889. The summed E-state index contributed by atoms with van der Waals surface area (Å²) < 4.78 is 5.06. The van der Waals surface area contributed by atoms with Gasteiger partial charge in [0.15, 0.2) is 0 Å². The zero-order valence-corrected chi connectivity index (χ0v) is 13.1. The molecule has 0 aliphatic heterocycles. The lowest BCUT2D eigenvalue weighted by Crippen LogP contribution is -2.30. The molecular weight excluding hydrogens is 264 g/mol. The first-order chi connectivity index (χ1) is 10.1. The van der Waals surface area contributed by atoms with E-state index in [0.717, 1.165) is 0 Å². The van der Waals surface area contributed by atoms with Crippen molar-refractivity contribution in [2.24, 2.45) is 4.99 Å². The van der Waals surface area contributed by atoms with Gasteiger partial charge in [0, 0.05) is 12.6 Å². The van der Waals surface area contributed by atoms with Gasteiger partial charge in [0.05, 0.1) is 13.7 Å². The van der Waals surface area contributed by atoms with Crippen molar-refractivity contribution >= 4 is 11.7 Å². The van der Waals surface area contributed by atoms with Crippen LogP contribution < -0.4 is 0 Å². The Bertz CT molecular complexity index is 471. The molecule has 0 aliphatic rings. The molecule has 4 heteroatoms. The molecule has 0 aromatic rings. The predicted octanol–water partition coefficient (Wildman–Crippen LogP) is 3.62. The van der Waals surface area contributed by atoms with Crippen LogP contribution in [-0.4, -0.2) is 30.3 Å². The van der Waals surface area contributed by atoms with Crippen LogP contribution in [0, 0.1) is 0 Å². The smallest absolute Gasteiger partial charge is 0.235 e. The first-order valence-corrected chi connectivity index (χ1v) is 6.70. The van der Waals surface area contributed by atoms with Crippen LogP contribution in [0.3, 0.4) is 0 Å². The maximum Gasteiger partial charge on any atom is 0.235 e. The summed E-state index contributed by atoms with van der Waals surface area (Å²) in [4.78, 5) is 17.9. The van der Waals surface area contributed by atoms with Gasteiger partial charge in [0.25, 0.3) is 0 Å². The molecular formula is C17H24N2O2. The van der Waals surface area contributed by atoms with Crippen molar-refractivity contribution < 1.29 is 9.53 Å². The van der Waals surface area contributed by atoms with E-state index in [1.54, 1.807) is 44.5 Å². The quantitative estimate of drug-likeness (QED) is 0.225. The summed E-state index contributed by atoms with van der Waals surface area (Å²) >= 11 is 0. The SMILES string of the molecule is C=CCC(=O)N(/C=C/C=C(\C=C)OC)C(C)=NC/C=C\C. The molecule has 0 saturated heterocycles. The average Bonchev–Trinajstić information content (AvgIpc) is 2.47. The molecule has 1 amide bonds.